The van der Waals surface area contributed by atoms with Crippen LogP contribution in [0.25, 0.3) is 0 Å². The van der Waals surface area contributed by atoms with Gasteiger partial charge in [-0.1, -0.05) is 0 Å². The lowest BCUT2D eigenvalue weighted by molar-refractivity contribution is -0.114. The van der Waals surface area contributed by atoms with Crippen molar-refractivity contribution in [2.75, 3.05) is 11.9 Å². The monoisotopic (exact) mass is 409 g/mol. The Morgan fingerprint density at radius 3 is 2.55 bits per heavy atom. The molecule has 0 aliphatic heterocycles. The van der Waals surface area contributed by atoms with Gasteiger partial charge in [0.05, 0.1) is 11.7 Å². The molecule has 1 unspecified atom stereocenters. The number of aryl methyl sites for hydroxylation is 1. The van der Waals surface area contributed by atoms with E-state index in [1.54, 1.807) is 19.9 Å². The summed E-state index contributed by atoms with van der Waals surface area (Å²) in [6, 6.07) is 4.84. The van der Waals surface area contributed by atoms with E-state index in [0.29, 0.717) is 11.1 Å². The van der Waals surface area contributed by atoms with Gasteiger partial charge in [-0.2, -0.15) is 0 Å². The third-order valence-corrected chi connectivity index (χ3v) is 3.90. The number of ether oxygens (including phenoxy) is 1. The quantitative estimate of drug-likeness (QED) is 0.724. The number of benzene rings is 1. The molecule has 1 aromatic heterocycles. The Labute approximate surface area is 166 Å². The molecule has 1 heterocycles. The minimum atomic E-state index is -2.97. The van der Waals surface area contributed by atoms with Crippen LogP contribution in [0.15, 0.2) is 30.5 Å². The first-order valence-electron chi connectivity index (χ1n) is 8.81. The average molecular weight is 409 g/mol. The molecule has 156 valence electrons. The van der Waals surface area contributed by atoms with Crippen molar-refractivity contribution in [1.82, 2.24) is 10.3 Å². The largest absolute Gasteiger partial charge is 0.471 e. The zero-order chi connectivity index (χ0) is 21.8. The Morgan fingerprint density at radius 1 is 1.28 bits per heavy atom. The summed E-state index contributed by atoms with van der Waals surface area (Å²) in [6.45, 7) is 4.58. The molecule has 0 radical (unpaired) electrons. The second-order valence-electron chi connectivity index (χ2n) is 6.82. The Bertz CT molecular complexity index is 914. The third kappa shape index (κ3) is 6.48. The first-order chi connectivity index (χ1) is 13.5. The summed E-state index contributed by atoms with van der Waals surface area (Å²) < 4.78 is 44.6. The molecule has 29 heavy (non-hydrogen) atoms. The van der Waals surface area contributed by atoms with Gasteiger partial charge in [0.1, 0.15) is 5.82 Å². The van der Waals surface area contributed by atoms with Crippen molar-refractivity contribution in [1.29, 1.82) is 0 Å². The van der Waals surface area contributed by atoms with E-state index in [9.17, 15) is 22.8 Å². The van der Waals surface area contributed by atoms with Crippen LogP contribution in [-0.2, 0) is 4.79 Å². The molecular formula is C20H22F3N3O3. The van der Waals surface area contributed by atoms with Crippen LogP contribution in [0.4, 0.5) is 18.9 Å². The van der Waals surface area contributed by atoms with Crippen molar-refractivity contribution in [2.45, 2.75) is 39.7 Å². The molecular weight excluding hydrogens is 387 g/mol. The maximum absolute atomic E-state index is 13.7. The van der Waals surface area contributed by atoms with Crippen LogP contribution >= 0.6 is 0 Å². The van der Waals surface area contributed by atoms with E-state index in [4.69, 9.17) is 4.74 Å². The number of alkyl halides is 2. The molecule has 1 aromatic carbocycles. The molecule has 2 rings (SSSR count). The number of rotatable bonds is 7. The predicted molar refractivity (Wildman–Crippen MR) is 102 cm³/mol. The van der Waals surface area contributed by atoms with Gasteiger partial charge in [0.15, 0.2) is 6.61 Å². The molecule has 0 spiro atoms. The van der Waals surface area contributed by atoms with Gasteiger partial charge in [0, 0.05) is 31.2 Å². The van der Waals surface area contributed by atoms with Crippen LogP contribution in [0.1, 0.15) is 48.3 Å². The summed E-state index contributed by atoms with van der Waals surface area (Å²) in [5.74, 6) is -4.48. The Morgan fingerprint density at radius 2 is 1.97 bits per heavy atom. The number of anilines is 1. The van der Waals surface area contributed by atoms with Crippen molar-refractivity contribution in [3.63, 3.8) is 0 Å². The summed E-state index contributed by atoms with van der Waals surface area (Å²) in [5, 5.41) is 5.06. The summed E-state index contributed by atoms with van der Waals surface area (Å²) in [4.78, 5) is 27.6. The van der Waals surface area contributed by atoms with Crippen LogP contribution in [0.3, 0.4) is 0 Å². The van der Waals surface area contributed by atoms with Gasteiger partial charge in [-0.15, -0.1) is 0 Å². The number of halogens is 3. The van der Waals surface area contributed by atoms with Crippen LogP contribution in [-0.4, -0.2) is 29.3 Å². The first-order valence-corrected chi connectivity index (χ1v) is 8.81. The Hall–Kier alpha value is -3.10. The molecule has 0 fully saturated rings. The number of pyridine rings is 1. The lowest BCUT2D eigenvalue weighted by atomic mass is 10.1. The van der Waals surface area contributed by atoms with Crippen molar-refractivity contribution in [3.8, 4) is 5.88 Å². The molecule has 1 atom stereocenters. The minimum absolute atomic E-state index is 0.0901. The number of amides is 2. The number of nitrogens with zero attached hydrogens (tertiary/aromatic N) is 1. The van der Waals surface area contributed by atoms with Gasteiger partial charge in [0.25, 0.3) is 11.8 Å². The van der Waals surface area contributed by atoms with Gasteiger partial charge in [-0.3, -0.25) is 9.59 Å². The van der Waals surface area contributed by atoms with E-state index in [0.717, 1.165) is 13.0 Å². The molecule has 6 nitrogen and oxygen atoms in total. The molecule has 2 amide bonds. The van der Waals surface area contributed by atoms with Crippen LogP contribution in [0.2, 0.25) is 0 Å². The molecule has 2 N–H and O–H groups in total. The number of nitrogens with one attached hydrogen (secondary N) is 2. The van der Waals surface area contributed by atoms with E-state index >= 15 is 0 Å². The zero-order valence-electron chi connectivity index (χ0n) is 16.5. The normalized spacial score (nSPS) is 12.2. The fraction of sp³-hybridized carbons (Fsp3) is 0.350. The number of hydrogen-bond donors (Lipinski definition) is 2. The van der Waals surface area contributed by atoms with Gasteiger partial charge in [-0.05, 0) is 43.7 Å². The topological polar surface area (TPSA) is 80.3 Å². The van der Waals surface area contributed by atoms with Crippen molar-refractivity contribution in [3.05, 3.63) is 53.0 Å². The van der Waals surface area contributed by atoms with Crippen molar-refractivity contribution in [2.24, 2.45) is 0 Å². The second-order valence-corrected chi connectivity index (χ2v) is 6.82. The predicted octanol–water partition coefficient (Wildman–Crippen LogP) is 4.01. The maximum atomic E-state index is 13.7. The fourth-order valence-electron chi connectivity index (χ4n) is 2.48. The highest BCUT2D eigenvalue weighted by Gasteiger charge is 2.23. The van der Waals surface area contributed by atoms with E-state index in [1.165, 1.54) is 25.3 Å². The summed E-state index contributed by atoms with van der Waals surface area (Å²) in [5.41, 5.74) is 1.25. The van der Waals surface area contributed by atoms with Gasteiger partial charge >= 0.3 is 0 Å². The standard InChI is InChI=1S/C20H22F3N3O3/c1-11-7-15(9-24-19(11)29-10-20(4,22)23)12(2)25-18(28)14-5-6-16(21)17(8-14)26-13(3)27/h5-9,12H,10H2,1-4H3,(H,25,28)(H,26,27). The lowest BCUT2D eigenvalue weighted by Crippen LogP contribution is -2.27. The number of aromatic nitrogens is 1. The minimum Gasteiger partial charge on any atom is -0.471 e. The lowest BCUT2D eigenvalue weighted by Gasteiger charge is -2.17. The van der Waals surface area contributed by atoms with Gasteiger partial charge < -0.3 is 15.4 Å². The molecule has 0 saturated carbocycles. The van der Waals surface area contributed by atoms with Crippen LogP contribution < -0.4 is 15.4 Å². The molecule has 0 bridgehead atoms. The van der Waals surface area contributed by atoms with Crippen LogP contribution in [0.5, 0.6) is 5.88 Å². The summed E-state index contributed by atoms with van der Waals surface area (Å²) in [6.07, 6.45) is 1.43. The zero-order valence-corrected chi connectivity index (χ0v) is 16.5. The average Bonchev–Trinajstić information content (AvgIpc) is 2.61. The van der Waals surface area contributed by atoms with Crippen LogP contribution in [0, 0.1) is 12.7 Å². The number of carbonyl (C=O) groups is 2. The SMILES string of the molecule is CC(=O)Nc1cc(C(=O)NC(C)c2cnc(OCC(C)(F)F)c(C)c2)ccc1F. The summed E-state index contributed by atoms with van der Waals surface area (Å²) >= 11 is 0. The molecule has 9 heteroatoms. The van der Waals surface area contributed by atoms with Crippen molar-refractivity contribution < 1.29 is 27.5 Å². The molecule has 2 aromatic rings. The Balaban J connectivity index is 2.09. The fourth-order valence-corrected chi connectivity index (χ4v) is 2.48. The summed E-state index contributed by atoms with van der Waals surface area (Å²) in [7, 11) is 0. The number of carbonyl (C=O) groups excluding carboxylic acids is 2. The van der Waals surface area contributed by atoms with Gasteiger partial charge in [-0.25, -0.2) is 18.2 Å². The smallest absolute Gasteiger partial charge is 0.278 e. The van der Waals surface area contributed by atoms with E-state index < -0.39 is 36.2 Å². The van der Waals surface area contributed by atoms with Crippen molar-refractivity contribution >= 4 is 17.5 Å². The highest BCUT2D eigenvalue weighted by molar-refractivity contribution is 5.97. The first kappa shape index (κ1) is 22.2. The molecule has 0 saturated heterocycles. The van der Waals surface area contributed by atoms with E-state index in [1.807, 2.05) is 0 Å². The molecule has 0 aliphatic carbocycles. The van der Waals surface area contributed by atoms with Gasteiger partial charge in [0.2, 0.25) is 11.8 Å². The third-order valence-electron chi connectivity index (χ3n) is 3.90. The second kappa shape index (κ2) is 8.93. The highest BCUT2D eigenvalue weighted by Crippen LogP contribution is 2.23. The molecule has 0 aliphatic rings. The van der Waals surface area contributed by atoms with E-state index in [2.05, 4.69) is 15.6 Å². The Kier molecular flexibility index (Phi) is 6.84. The van der Waals surface area contributed by atoms with E-state index in [-0.39, 0.29) is 17.1 Å². The number of hydrogen-bond acceptors (Lipinski definition) is 4. The maximum Gasteiger partial charge on any atom is 0.278 e. The highest BCUT2D eigenvalue weighted by atomic mass is 19.3.